The number of aromatic carboxylic acids is 2. The van der Waals surface area contributed by atoms with Crippen molar-refractivity contribution in [2.45, 2.75) is 4.90 Å². The SMILES string of the molecule is CS(=O)(=O)c1ccc(Oc2cc(C(=O)O)cc(C(=O)O)c2C=O)cc1. The molecule has 0 fully saturated rings. The maximum atomic E-state index is 11.4. The maximum Gasteiger partial charge on any atom is 0.336 e. The second kappa shape index (κ2) is 6.73. The molecule has 8 nitrogen and oxygen atoms in total. The normalized spacial score (nSPS) is 10.9. The molecule has 0 spiro atoms. The van der Waals surface area contributed by atoms with Gasteiger partial charge in [0.1, 0.15) is 11.5 Å². The number of hydrogen-bond donors (Lipinski definition) is 2. The third-order valence-corrected chi connectivity index (χ3v) is 4.35. The number of ether oxygens (including phenoxy) is 1. The van der Waals surface area contributed by atoms with Gasteiger partial charge in [-0.25, -0.2) is 18.0 Å². The summed E-state index contributed by atoms with van der Waals surface area (Å²) in [4.78, 5) is 33.7. The van der Waals surface area contributed by atoms with Crippen molar-refractivity contribution in [2.24, 2.45) is 0 Å². The smallest absolute Gasteiger partial charge is 0.336 e. The van der Waals surface area contributed by atoms with Crippen LogP contribution in [0.5, 0.6) is 11.5 Å². The molecule has 0 heterocycles. The summed E-state index contributed by atoms with van der Waals surface area (Å²) in [6.45, 7) is 0. The number of sulfone groups is 1. The van der Waals surface area contributed by atoms with E-state index in [-0.39, 0.29) is 33.8 Å². The van der Waals surface area contributed by atoms with Crippen LogP contribution in [0.2, 0.25) is 0 Å². The van der Waals surface area contributed by atoms with Crippen molar-refractivity contribution in [2.75, 3.05) is 6.26 Å². The number of carboxylic acid groups (broad SMARTS) is 2. The zero-order chi connectivity index (χ0) is 18.8. The Morgan fingerprint density at radius 3 is 2.08 bits per heavy atom. The van der Waals surface area contributed by atoms with E-state index in [1.165, 1.54) is 24.3 Å². The number of aldehydes is 1. The average molecular weight is 364 g/mol. The molecular formula is C16H12O8S. The summed E-state index contributed by atoms with van der Waals surface area (Å²) in [5.74, 6) is -3.03. The van der Waals surface area contributed by atoms with Crippen molar-refractivity contribution in [3.05, 3.63) is 53.1 Å². The van der Waals surface area contributed by atoms with Crippen LogP contribution in [-0.2, 0) is 9.84 Å². The molecule has 0 saturated heterocycles. The summed E-state index contributed by atoms with van der Waals surface area (Å²) < 4.78 is 28.2. The van der Waals surface area contributed by atoms with Gasteiger partial charge in [-0.3, -0.25) is 4.79 Å². The molecular weight excluding hydrogens is 352 g/mol. The Balaban J connectivity index is 2.52. The molecule has 2 aromatic carbocycles. The van der Waals surface area contributed by atoms with E-state index in [9.17, 15) is 22.8 Å². The predicted molar refractivity (Wildman–Crippen MR) is 85.4 cm³/mol. The standard InChI is InChI=1S/C16H12O8S/c1-25(22,23)11-4-2-10(3-5-11)24-14-7-9(15(18)19)6-12(16(20)21)13(14)8-17/h2-8H,1H3,(H,18,19)(H,20,21). The van der Waals surface area contributed by atoms with Gasteiger partial charge in [0.05, 0.1) is 21.6 Å². The first kappa shape index (κ1) is 18.1. The molecule has 0 radical (unpaired) electrons. The highest BCUT2D eigenvalue weighted by molar-refractivity contribution is 7.90. The van der Waals surface area contributed by atoms with Crippen molar-refractivity contribution in [3.8, 4) is 11.5 Å². The van der Waals surface area contributed by atoms with Crippen molar-refractivity contribution in [1.29, 1.82) is 0 Å². The number of benzene rings is 2. The lowest BCUT2D eigenvalue weighted by Gasteiger charge is -2.11. The number of rotatable bonds is 6. The molecule has 0 aliphatic heterocycles. The molecule has 0 unspecified atom stereocenters. The zero-order valence-electron chi connectivity index (χ0n) is 12.8. The minimum absolute atomic E-state index is 0.0426. The Morgan fingerprint density at radius 2 is 1.64 bits per heavy atom. The molecule has 0 bridgehead atoms. The second-order valence-corrected chi connectivity index (χ2v) is 7.03. The number of hydrogen-bond acceptors (Lipinski definition) is 6. The molecule has 0 aromatic heterocycles. The number of carbonyl (C=O) groups is 3. The lowest BCUT2D eigenvalue weighted by atomic mass is 10.0. The van der Waals surface area contributed by atoms with Gasteiger partial charge in [-0.15, -0.1) is 0 Å². The van der Waals surface area contributed by atoms with Gasteiger partial charge >= 0.3 is 11.9 Å². The van der Waals surface area contributed by atoms with Crippen molar-refractivity contribution < 1.29 is 37.8 Å². The Hall–Kier alpha value is -3.20. The van der Waals surface area contributed by atoms with E-state index >= 15 is 0 Å². The van der Waals surface area contributed by atoms with E-state index < -0.39 is 27.3 Å². The maximum absolute atomic E-state index is 11.4. The van der Waals surface area contributed by atoms with Crippen LogP contribution < -0.4 is 4.74 Å². The number of carboxylic acids is 2. The van der Waals surface area contributed by atoms with Gasteiger partial charge in [0.2, 0.25) is 0 Å². The number of carbonyl (C=O) groups excluding carboxylic acids is 1. The quantitative estimate of drug-likeness (QED) is 0.744. The highest BCUT2D eigenvalue weighted by Gasteiger charge is 2.20. The molecule has 130 valence electrons. The van der Waals surface area contributed by atoms with Crippen LogP contribution in [0.1, 0.15) is 31.1 Å². The third kappa shape index (κ3) is 4.01. The molecule has 0 saturated carbocycles. The minimum Gasteiger partial charge on any atom is -0.478 e. The first-order valence-corrected chi connectivity index (χ1v) is 8.60. The summed E-state index contributed by atoms with van der Waals surface area (Å²) in [5, 5.41) is 18.2. The van der Waals surface area contributed by atoms with Crippen LogP contribution in [0.3, 0.4) is 0 Å². The van der Waals surface area contributed by atoms with E-state index in [1.54, 1.807) is 0 Å². The van der Waals surface area contributed by atoms with Gasteiger partial charge in [0.25, 0.3) is 0 Å². The van der Waals surface area contributed by atoms with E-state index in [2.05, 4.69) is 0 Å². The highest BCUT2D eigenvalue weighted by Crippen LogP contribution is 2.29. The van der Waals surface area contributed by atoms with E-state index in [4.69, 9.17) is 14.9 Å². The Bertz CT molecular complexity index is 958. The molecule has 0 aliphatic rings. The topological polar surface area (TPSA) is 135 Å². The highest BCUT2D eigenvalue weighted by atomic mass is 32.2. The van der Waals surface area contributed by atoms with E-state index in [0.717, 1.165) is 18.4 Å². The van der Waals surface area contributed by atoms with Gasteiger partial charge in [-0.05, 0) is 36.4 Å². The third-order valence-electron chi connectivity index (χ3n) is 3.22. The predicted octanol–water partition coefficient (Wildman–Crippen LogP) is 2.09. The molecule has 2 rings (SSSR count). The Morgan fingerprint density at radius 1 is 1.04 bits per heavy atom. The lowest BCUT2D eigenvalue weighted by Crippen LogP contribution is -2.08. The zero-order valence-corrected chi connectivity index (χ0v) is 13.6. The van der Waals surface area contributed by atoms with Gasteiger partial charge in [0, 0.05) is 6.26 Å². The molecule has 0 amide bonds. The Kier molecular flexibility index (Phi) is 4.89. The summed E-state index contributed by atoms with van der Waals surface area (Å²) in [7, 11) is -3.41. The van der Waals surface area contributed by atoms with Crippen molar-refractivity contribution in [3.63, 3.8) is 0 Å². The first-order valence-electron chi connectivity index (χ1n) is 6.71. The lowest BCUT2D eigenvalue weighted by molar-refractivity contribution is 0.0693. The molecule has 2 aromatic rings. The fraction of sp³-hybridized carbons (Fsp3) is 0.0625. The Labute approximate surface area is 142 Å². The molecule has 0 aliphatic carbocycles. The monoisotopic (exact) mass is 364 g/mol. The van der Waals surface area contributed by atoms with Gasteiger partial charge in [-0.1, -0.05) is 0 Å². The molecule has 2 N–H and O–H groups in total. The van der Waals surface area contributed by atoms with Gasteiger partial charge in [0.15, 0.2) is 16.1 Å². The van der Waals surface area contributed by atoms with Crippen LogP contribution in [-0.4, -0.2) is 43.1 Å². The van der Waals surface area contributed by atoms with Crippen LogP contribution in [0.15, 0.2) is 41.3 Å². The largest absolute Gasteiger partial charge is 0.478 e. The summed E-state index contributed by atoms with van der Waals surface area (Å²) in [5.41, 5.74) is -1.21. The van der Waals surface area contributed by atoms with Gasteiger partial charge < -0.3 is 14.9 Å². The fourth-order valence-electron chi connectivity index (χ4n) is 2.01. The summed E-state index contributed by atoms with van der Waals surface area (Å²) >= 11 is 0. The van der Waals surface area contributed by atoms with Crippen molar-refractivity contribution in [1.82, 2.24) is 0 Å². The first-order chi connectivity index (χ1) is 11.6. The van der Waals surface area contributed by atoms with Crippen LogP contribution in [0.25, 0.3) is 0 Å². The van der Waals surface area contributed by atoms with Crippen LogP contribution >= 0.6 is 0 Å². The average Bonchev–Trinajstić information content (AvgIpc) is 2.53. The minimum atomic E-state index is -3.41. The molecule has 25 heavy (non-hydrogen) atoms. The van der Waals surface area contributed by atoms with Gasteiger partial charge in [-0.2, -0.15) is 0 Å². The molecule has 9 heteroatoms. The fourth-order valence-corrected chi connectivity index (χ4v) is 2.65. The van der Waals surface area contributed by atoms with E-state index in [0.29, 0.717) is 0 Å². The summed E-state index contributed by atoms with van der Waals surface area (Å²) in [6.07, 6.45) is 1.28. The van der Waals surface area contributed by atoms with E-state index in [1.807, 2.05) is 0 Å². The molecule has 0 atom stereocenters. The van der Waals surface area contributed by atoms with Crippen molar-refractivity contribution >= 4 is 28.1 Å². The van der Waals surface area contributed by atoms with Crippen LogP contribution in [0.4, 0.5) is 0 Å². The summed E-state index contributed by atoms with van der Waals surface area (Å²) in [6, 6.07) is 7.02. The second-order valence-electron chi connectivity index (χ2n) is 5.01. The van der Waals surface area contributed by atoms with Crippen LogP contribution in [0, 0.1) is 0 Å².